The van der Waals surface area contributed by atoms with Crippen molar-refractivity contribution < 1.29 is 4.52 Å². The molecule has 2 unspecified atom stereocenters. The standard InChI is InChI=1S/C16H20ClN3O/c1-2-18-14-9-5-7-12(14)16-19-15(20-21-16)10-11-6-3-4-8-13(11)17/h3-4,6,8,12,14,18H,2,5,7,9-10H2,1H3. The summed E-state index contributed by atoms with van der Waals surface area (Å²) in [4.78, 5) is 4.58. The van der Waals surface area contributed by atoms with Crippen LogP contribution >= 0.6 is 11.6 Å². The second kappa shape index (κ2) is 6.58. The molecule has 1 saturated carbocycles. The van der Waals surface area contributed by atoms with Crippen molar-refractivity contribution in [1.82, 2.24) is 15.5 Å². The number of rotatable bonds is 5. The van der Waals surface area contributed by atoms with Crippen molar-refractivity contribution in [1.29, 1.82) is 0 Å². The van der Waals surface area contributed by atoms with E-state index in [2.05, 4.69) is 22.4 Å². The van der Waals surface area contributed by atoms with Gasteiger partial charge in [-0.05, 0) is 31.0 Å². The normalized spacial score (nSPS) is 21.8. The lowest BCUT2D eigenvalue weighted by Crippen LogP contribution is -2.31. The molecule has 0 amide bonds. The summed E-state index contributed by atoms with van der Waals surface area (Å²) >= 11 is 6.18. The van der Waals surface area contributed by atoms with Gasteiger partial charge in [0.1, 0.15) is 0 Å². The molecule has 112 valence electrons. The zero-order valence-electron chi connectivity index (χ0n) is 12.2. The fourth-order valence-electron chi connectivity index (χ4n) is 3.06. The molecule has 1 aliphatic rings. The van der Waals surface area contributed by atoms with Crippen LogP contribution in [0.3, 0.4) is 0 Å². The molecule has 4 nitrogen and oxygen atoms in total. The number of hydrogen-bond acceptors (Lipinski definition) is 4. The molecule has 0 spiro atoms. The molecule has 1 fully saturated rings. The van der Waals surface area contributed by atoms with Gasteiger partial charge in [-0.1, -0.05) is 48.3 Å². The second-order valence-electron chi connectivity index (χ2n) is 5.52. The van der Waals surface area contributed by atoms with Gasteiger partial charge in [0.25, 0.3) is 0 Å². The predicted molar refractivity (Wildman–Crippen MR) is 82.6 cm³/mol. The van der Waals surface area contributed by atoms with Crippen molar-refractivity contribution in [2.45, 2.75) is 44.6 Å². The van der Waals surface area contributed by atoms with Crippen molar-refractivity contribution in [2.75, 3.05) is 6.54 Å². The summed E-state index contributed by atoms with van der Waals surface area (Å²) in [6.07, 6.45) is 4.12. The summed E-state index contributed by atoms with van der Waals surface area (Å²) in [5.74, 6) is 1.82. The highest BCUT2D eigenvalue weighted by atomic mass is 35.5. The minimum atomic E-state index is 0.345. The molecule has 21 heavy (non-hydrogen) atoms. The lowest BCUT2D eigenvalue weighted by Gasteiger charge is -2.16. The van der Waals surface area contributed by atoms with Crippen molar-refractivity contribution in [2.24, 2.45) is 0 Å². The molecule has 1 aromatic carbocycles. The molecule has 0 saturated heterocycles. The fraction of sp³-hybridized carbons (Fsp3) is 0.500. The Labute approximate surface area is 129 Å². The predicted octanol–water partition coefficient (Wildman–Crippen LogP) is 3.56. The molecule has 1 aliphatic carbocycles. The van der Waals surface area contributed by atoms with E-state index in [-0.39, 0.29) is 0 Å². The van der Waals surface area contributed by atoms with Gasteiger partial charge in [-0.15, -0.1) is 0 Å². The van der Waals surface area contributed by atoms with E-state index in [1.165, 1.54) is 12.8 Å². The molecule has 2 atom stereocenters. The highest BCUT2D eigenvalue weighted by molar-refractivity contribution is 6.31. The van der Waals surface area contributed by atoms with E-state index in [9.17, 15) is 0 Å². The van der Waals surface area contributed by atoms with Crippen LogP contribution in [0.15, 0.2) is 28.8 Å². The Morgan fingerprint density at radius 1 is 1.33 bits per heavy atom. The summed E-state index contributed by atoms with van der Waals surface area (Å²) in [5, 5.41) is 8.38. The summed E-state index contributed by atoms with van der Waals surface area (Å²) in [6.45, 7) is 3.10. The highest BCUT2D eigenvalue weighted by Gasteiger charge is 2.32. The van der Waals surface area contributed by atoms with Crippen LogP contribution in [-0.2, 0) is 6.42 Å². The van der Waals surface area contributed by atoms with Crippen LogP contribution in [0.25, 0.3) is 0 Å². The molecule has 3 rings (SSSR count). The van der Waals surface area contributed by atoms with E-state index in [1.807, 2.05) is 24.3 Å². The smallest absolute Gasteiger partial charge is 0.231 e. The minimum absolute atomic E-state index is 0.345. The van der Waals surface area contributed by atoms with E-state index in [0.717, 1.165) is 29.4 Å². The third-order valence-electron chi connectivity index (χ3n) is 4.09. The molecule has 0 bridgehead atoms. The van der Waals surface area contributed by atoms with Crippen LogP contribution in [0.4, 0.5) is 0 Å². The monoisotopic (exact) mass is 305 g/mol. The number of nitrogens with zero attached hydrogens (tertiary/aromatic N) is 2. The first-order valence-electron chi connectivity index (χ1n) is 7.57. The summed E-state index contributed by atoms with van der Waals surface area (Å²) in [7, 11) is 0. The number of hydrogen-bond donors (Lipinski definition) is 1. The van der Waals surface area contributed by atoms with E-state index < -0.39 is 0 Å². The Morgan fingerprint density at radius 2 is 2.19 bits per heavy atom. The zero-order valence-corrected chi connectivity index (χ0v) is 12.9. The largest absolute Gasteiger partial charge is 0.339 e. The van der Waals surface area contributed by atoms with Crippen LogP contribution < -0.4 is 5.32 Å². The molecule has 0 aliphatic heterocycles. The Balaban J connectivity index is 1.73. The third-order valence-corrected chi connectivity index (χ3v) is 4.46. The first-order valence-corrected chi connectivity index (χ1v) is 7.95. The van der Waals surface area contributed by atoms with Crippen molar-refractivity contribution in [3.05, 3.63) is 46.6 Å². The fourth-order valence-corrected chi connectivity index (χ4v) is 3.27. The first-order chi connectivity index (χ1) is 10.3. The van der Waals surface area contributed by atoms with Crippen LogP contribution in [0.5, 0.6) is 0 Å². The molecule has 0 radical (unpaired) electrons. The maximum atomic E-state index is 6.18. The molecule has 1 aromatic heterocycles. The van der Waals surface area contributed by atoms with Gasteiger partial charge in [-0.25, -0.2) is 0 Å². The first kappa shape index (κ1) is 14.5. The van der Waals surface area contributed by atoms with E-state index in [4.69, 9.17) is 16.1 Å². The van der Waals surface area contributed by atoms with Gasteiger partial charge < -0.3 is 9.84 Å². The Morgan fingerprint density at radius 3 is 3.00 bits per heavy atom. The zero-order chi connectivity index (χ0) is 14.7. The van der Waals surface area contributed by atoms with Gasteiger partial charge in [0.05, 0.1) is 5.92 Å². The van der Waals surface area contributed by atoms with Crippen molar-refractivity contribution in [3.8, 4) is 0 Å². The van der Waals surface area contributed by atoms with Gasteiger partial charge in [0.15, 0.2) is 5.82 Å². The maximum Gasteiger partial charge on any atom is 0.231 e. The molecule has 2 aromatic rings. The second-order valence-corrected chi connectivity index (χ2v) is 5.93. The van der Waals surface area contributed by atoms with Crippen LogP contribution in [0, 0.1) is 0 Å². The summed E-state index contributed by atoms with van der Waals surface area (Å²) in [5.41, 5.74) is 1.03. The highest BCUT2D eigenvalue weighted by Crippen LogP contribution is 2.33. The van der Waals surface area contributed by atoms with Gasteiger partial charge in [-0.2, -0.15) is 4.98 Å². The molecule has 1 N–H and O–H groups in total. The Bertz CT molecular complexity index is 599. The average molecular weight is 306 g/mol. The molecule has 5 heteroatoms. The van der Waals surface area contributed by atoms with Crippen LogP contribution in [0.2, 0.25) is 5.02 Å². The quantitative estimate of drug-likeness (QED) is 0.917. The van der Waals surface area contributed by atoms with Gasteiger partial charge >= 0.3 is 0 Å². The maximum absolute atomic E-state index is 6.18. The molecule has 1 heterocycles. The Hall–Kier alpha value is -1.39. The lowest BCUT2D eigenvalue weighted by atomic mass is 10.0. The van der Waals surface area contributed by atoms with Gasteiger partial charge in [-0.3, -0.25) is 0 Å². The number of benzene rings is 1. The molecular weight excluding hydrogens is 286 g/mol. The van der Waals surface area contributed by atoms with Gasteiger partial charge in [0.2, 0.25) is 5.89 Å². The number of nitrogens with one attached hydrogen (secondary N) is 1. The van der Waals surface area contributed by atoms with Crippen LogP contribution in [-0.4, -0.2) is 22.7 Å². The number of aromatic nitrogens is 2. The average Bonchev–Trinajstić information content (AvgIpc) is 3.11. The van der Waals surface area contributed by atoms with E-state index in [1.54, 1.807) is 0 Å². The minimum Gasteiger partial charge on any atom is -0.339 e. The number of likely N-dealkylation sites (N-methyl/N-ethyl adjacent to an activating group) is 1. The van der Waals surface area contributed by atoms with Crippen molar-refractivity contribution >= 4 is 11.6 Å². The topological polar surface area (TPSA) is 51.0 Å². The van der Waals surface area contributed by atoms with E-state index >= 15 is 0 Å². The lowest BCUT2D eigenvalue weighted by molar-refractivity contribution is 0.329. The summed E-state index contributed by atoms with van der Waals surface area (Å²) < 4.78 is 5.49. The van der Waals surface area contributed by atoms with E-state index in [0.29, 0.717) is 24.2 Å². The van der Waals surface area contributed by atoms with Crippen LogP contribution in [0.1, 0.15) is 49.4 Å². The summed E-state index contributed by atoms with van der Waals surface area (Å²) in [6, 6.07) is 8.24. The third kappa shape index (κ3) is 3.27. The number of halogens is 1. The Kier molecular flexibility index (Phi) is 4.56. The van der Waals surface area contributed by atoms with Crippen molar-refractivity contribution in [3.63, 3.8) is 0 Å². The SMILES string of the molecule is CCNC1CCCC1c1nc(Cc2ccccc2Cl)no1. The molecular formula is C16H20ClN3O. The van der Waals surface area contributed by atoms with Gasteiger partial charge in [0, 0.05) is 17.5 Å².